The normalized spacial score (nSPS) is 11.0. The summed E-state index contributed by atoms with van der Waals surface area (Å²) in [5.74, 6) is -0.872. The number of alkyl halides is 3. The number of halogens is 3. The second-order valence-corrected chi connectivity index (χ2v) is 5.37. The van der Waals surface area contributed by atoms with Crippen LogP contribution in [0.4, 0.5) is 5.69 Å². The fourth-order valence-corrected chi connectivity index (χ4v) is 1.16. The summed E-state index contributed by atoms with van der Waals surface area (Å²) in [6.07, 6.45) is 0. The number of rotatable bonds is 2. The zero-order valence-electron chi connectivity index (χ0n) is 8.26. The van der Waals surface area contributed by atoms with Gasteiger partial charge in [-0.2, -0.15) is 0 Å². The Bertz CT molecular complexity index is 426. The van der Waals surface area contributed by atoms with Crippen LogP contribution in [0.15, 0.2) is 24.3 Å². The van der Waals surface area contributed by atoms with E-state index < -0.39 is 9.70 Å². The lowest BCUT2D eigenvalue weighted by atomic mass is 10.1. The third kappa shape index (κ3) is 3.67. The minimum absolute atomic E-state index is 0.106. The number of hydrogen-bond donors (Lipinski definition) is 1. The van der Waals surface area contributed by atoms with E-state index in [2.05, 4.69) is 5.32 Å². The van der Waals surface area contributed by atoms with Gasteiger partial charge in [0.05, 0.1) is 0 Å². The predicted molar refractivity (Wildman–Crippen MR) is 65.4 cm³/mol. The van der Waals surface area contributed by atoms with Crippen LogP contribution in [-0.4, -0.2) is 15.5 Å². The van der Waals surface area contributed by atoms with Crippen LogP contribution in [-0.2, 0) is 4.79 Å². The van der Waals surface area contributed by atoms with Crippen molar-refractivity contribution in [3.63, 3.8) is 0 Å². The first-order chi connectivity index (χ1) is 7.30. The van der Waals surface area contributed by atoms with Gasteiger partial charge in [0.25, 0.3) is 9.70 Å². The van der Waals surface area contributed by atoms with E-state index in [9.17, 15) is 9.59 Å². The zero-order chi connectivity index (χ0) is 12.3. The van der Waals surface area contributed by atoms with Crippen LogP contribution in [0.2, 0.25) is 0 Å². The molecule has 0 fully saturated rings. The van der Waals surface area contributed by atoms with Gasteiger partial charge in [0.1, 0.15) is 0 Å². The number of carbonyl (C=O) groups is 2. The summed E-state index contributed by atoms with van der Waals surface area (Å²) in [5, 5.41) is 2.39. The van der Waals surface area contributed by atoms with E-state index in [0.717, 1.165) is 0 Å². The Morgan fingerprint density at radius 1 is 1.25 bits per heavy atom. The number of ketones is 1. The molecule has 0 saturated heterocycles. The average molecular weight is 281 g/mol. The van der Waals surface area contributed by atoms with Crippen molar-refractivity contribution in [3.8, 4) is 0 Å². The highest BCUT2D eigenvalue weighted by Crippen LogP contribution is 2.27. The predicted octanol–water partition coefficient (Wildman–Crippen LogP) is 3.20. The van der Waals surface area contributed by atoms with Gasteiger partial charge in [0.15, 0.2) is 5.78 Å². The molecule has 0 saturated carbocycles. The third-order valence-corrected chi connectivity index (χ3v) is 2.30. The third-order valence-electron chi connectivity index (χ3n) is 1.78. The molecule has 86 valence electrons. The molecule has 0 aliphatic heterocycles. The number of benzene rings is 1. The molecule has 0 aliphatic rings. The van der Waals surface area contributed by atoms with Gasteiger partial charge >= 0.3 is 0 Å². The van der Waals surface area contributed by atoms with Gasteiger partial charge in [-0.15, -0.1) is 0 Å². The molecule has 1 rings (SSSR count). The first-order valence-electron chi connectivity index (χ1n) is 4.30. The molecule has 1 aromatic rings. The smallest absolute Gasteiger partial charge is 0.276 e. The molecule has 0 atom stereocenters. The summed E-state index contributed by atoms with van der Waals surface area (Å²) in [4.78, 5) is 22.4. The number of carbonyl (C=O) groups excluding carboxylic acids is 2. The fourth-order valence-electron chi connectivity index (χ4n) is 1.02. The number of nitrogens with one attached hydrogen (secondary N) is 1. The Balaban J connectivity index is 2.87. The van der Waals surface area contributed by atoms with Gasteiger partial charge in [-0.1, -0.05) is 46.9 Å². The number of Topliss-reactive ketones (excluding diaryl/α,β-unsaturated/α-hetero) is 1. The molecule has 6 heteroatoms. The molecule has 0 bridgehead atoms. The van der Waals surface area contributed by atoms with Gasteiger partial charge in [0.2, 0.25) is 0 Å². The second kappa shape index (κ2) is 5.04. The molecule has 1 N–H and O–H groups in total. The van der Waals surface area contributed by atoms with Gasteiger partial charge in [-0.25, -0.2) is 0 Å². The maximum atomic E-state index is 11.3. The topological polar surface area (TPSA) is 46.2 Å². The van der Waals surface area contributed by atoms with Crippen LogP contribution >= 0.6 is 34.8 Å². The van der Waals surface area contributed by atoms with Crippen molar-refractivity contribution in [2.24, 2.45) is 0 Å². The maximum Gasteiger partial charge on any atom is 0.276 e. The van der Waals surface area contributed by atoms with Gasteiger partial charge < -0.3 is 5.32 Å². The Hall–Kier alpha value is -0.770. The standard InChI is InChI=1S/C10H8Cl3NO2/c1-6(15)7-3-2-4-8(5-7)14-9(16)10(11,12)13/h2-5H,1H3,(H,14,16). The quantitative estimate of drug-likeness (QED) is 0.668. The molecule has 0 unspecified atom stereocenters. The van der Waals surface area contributed by atoms with Crippen molar-refractivity contribution >= 4 is 52.2 Å². The average Bonchev–Trinajstić information content (AvgIpc) is 2.16. The summed E-state index contributed by atoms with van der Waals surface area (Å²) in [7, 11) is 0. The number of hydrogen-bond acceptors (Lipinski definition) is 2. The lowest BCUT2D eigenvalue weighted by molar-refractivity contribution is -0.115. The first-order valence-corrected chi connectivity index (χ1v) is 5.43. The van der Waals surface area contributed by atoms with E-state index in [1.807, 2.05) is 0 Å². The van der Waals surface area contributed by atoms with Crippen LogP contribution in [0.25, 0.3) is 0 Å². The number of anilines is 1. The highest BCUT2D eigenvalue weighted by Gasteiger charge is 2.30. The van der Waals surface area contributed by atoms with Crippen LogP contribution in [0.5, 0.6) is 0 Å². The van der Waals surface area contributed by atoms with Crippen molar-refractivity contribution in [1.82, 2.24) is 0 Å². The van der Waals surface area contributed by atoms with E-state index in [0.29, 0.717) is 11.3 Å². The van der Waals surface area contributed by atoms with Gasteiger partial charge in [-0.3, -0.25) is 9.59 Å². The lowest BCUT2D eigenvalue weighted by Crippen LogP contribution is -2.26. The fraction of sp³-hybridized carbons (Fsp3) is 0.200. The second-order valence-electron chi connectivity index (χ2n) is 3.09. The zero-order valence-corrected chi connectivity index (χ0v) is 10.5. The molecular weight excluding hydrogens is 272 g/mol. The van der Waals surface area contributed by atoms with Gasteiger partial charge in [-0.05, 0) is 19.1 Å². The van der Waals surface area contributed by atoms with Crippen LogP contribution < -0.4 is 5.32 Å². The van der Waals surface area contributed by atoms with Crippen LogP contribution in [0, 0.1) is 0 Å². The summed E-state index contributed by atoms with van der Waals surface area (Å²) in [6, 6.07) is 6.37. The summed E-state index contributed by atoms with van der Waals surface area (Å²) >= 11 is 16.2. The molecule has 16 heavy (non-hydrogen) atoms. The Kier molecular flexibility index (Phi) is 4.19. The monoisotopic (exact) mass is 279 g/mol. The molecule has 1 amide bonds. The summed E-state index contributed by atoms with van der Waals surface area (Å²) in [5.41, 5.74) is 0.881. The molecular formula is C10H8Cl3NO2. The SMILES string of the molecule is CC(=O)c1cccc(NC(=O)C(Cl)(Cl)Cl)c1. The Morgan fingerprint density at radius 2 is 1.88 bits per heavy atom. The Morgan fingerprint density at radius 3 is 2.38 bits per heavy atom. The highest BCUT2D eigenvalue weighted by molar-refractivity contribution is 6.76. The van der Waals surface area contributed by atoms with Crippen molar-refractivity contribution in [1.29, 1.82) is 0 Å². The van der Waals surface area contributed by atoms with Crippen molar-refractivity contribution in [2.45, 2.75) is 10.7 Å². The van der Waals surface area contributed by atoms with Crippen molar-refractivity contribution in [3.05, 3.63) is 29.8 Å². The van der Waals surface area contributed by atoms with Crippen LogP contribution in [0.3, 0.4) is 0 Å². The lowest BCUT2D eigenvalue weighted by Gasteiger charge is -2.11. The molecule has 3 nitrogen and oxygen atoms in total. The highest BCUT2D eigenvalue weighted by atomic mass is 35.6. The summed E-state index contributed by atoms with van der Waals surface area (Å²) in [6.45, 7) is 1.43. The molecule has 0 aliphatic carbocycles. The van der Waals surface area contributed by atoms with E-state index in [4.69, 9.17) is 34.8 Å². The molecule has 0 heterocycles. The molecule has 0 spiro atoms. The van der Waals surface area contributed by atoms with E-state index in [-0.39, 0.29) is 5.78 Å². The minimum Gasteiger partial charge on any atom is -0.322 e. The minimum atomic E-state index is -2.02. The number of amides is 1. The van der Waals surface area contributed by atoms with E-state index in [1.165, 1.54) is 13.0 Å². The molecule has 0 aromatic heterocycles. The summed E-state index contributed by atoms with van der Waals surface area (Å²) < 4.78 is -2.02. The maximum absolute atomic E-state index is 11.3. The van der Waals surface area contributed by atoms with E-state index in [1.54, 1.807) is 18.2 Å². The van der Waals surface area contributed by atoms with Gasteiger partial charge in [0, 0.05) is 11.3 Å². The van der Waals surface area contributed by atoms with E-state index >= 15 is 0 Å². The van der Waals surface area contributed by atoms with Crippen molar-refractivity contribution < 1.29 is 9.59 Å². The molecule has 0 radical (unpaired) electrons. The first kappa shape index (κ1) is 13.3. The largest absolute Gasteiger partial charge is 0.322 e. The molecule has 1 aromatic carbocycles. The van der Waals surface area contributed by atoms with Crippen LogP contribution in [0.1, 0.15) is 17.3 Å². The Labute approximate surface area is 108 Å². The van der Waals surface area contributed by atoms with Crippen molar-refractivity contribution in [2.75, 3.05) is 5.32 Å².